The van der Waals surface area contributed by atoms with Crippen LogP contribution in [0.2, 0.25) is 0 Å². The van der Waals surface area contributed by atoms with Gasteiger partial charge in [0.2, 0.25) is 0 Å². The number of rotatable bonds is 7. The van der Waals surface area contributed by atoms with Gasteiger partial charge in [0.15, 0.2) is 11.5 Å². The van der Waals surface area contributed by atoms with Crippen LogP contribution in [-0.4, -0.2) is 51.9 Å². The summed E-state index contributed by atoms with van der Waals surface area (Å²) in [4.78, 5) is 23.3. The van der Waals surface area contributed by atoms with Crippen LogP contribution in [0, 0.1) is 0 Å². The van der Waals surface area contributed by atoms with E-state index in [0.29, 0.717) is 29.9 Å². The molecule has 2 aromatic heterocycles. The number of nitrogens with two attached hydrogens (primary N) is 2. The van der Waals surface area contributed by atoms with E-state index in [1.54, 1.807) is 13.4 Å². The number of carbonyl (C=O) groups excluding carboxylic acids is 1. The molecule has 0 bridgehead atoms. The van der Waals surface area contributed by atoms with Crippen molar-refractivity contribution in [3.8, 4) is 0 Å². The van der Waals surface area contributed by atoms with Crippen molar-refractivity contribution in [2.45, 2.75) is 19.1 Å². The lowest BCUT2D eigenvalue weighted by atomic mass is 10.2. The highest BCUT2D eigenvalue weighted by Crippen LogP contribution is 2.15. The van der Waals surface area contributed by atoms with Crippen molar-refractivity contribution in [2.24, 2.45) is 5.73 Å². The Morgan fingerprint density at radius 3 is 2.95 bits per heavy atom. The third-order valence-corrected chi connectivity index (χ3v) is 3.05. The smallest absolute Gasteiger partial charge is 0.319 e. The lowest BCUT2D eigenvalue weighted by molar-refractivity contribution is -0.145. The lowest BCUT2D eigenvalue weighted by Gasteiger charge is -2.15. The minimum absolute atomic E-state index is 0.140. The van der Waals surface area contributed by atoms with E-state index in [0.717, 1.165) is 0 Å². The van der Waals surface area contributed by atoms with E-state index in [9.17, 15) is 4.79 Å². The number of hydrogen-bond acceptors (Lipinski definition) is 8. The van der Waals surface area contributed by atoms with Crippen LogP contribution in [0.4, 0.5) is 5.82 Å². The number of hydrogen-bond donors (Lipinski definition) is 2. The average molecular weight is 294 g/mol. The largest absolute Gasteiger partial charge is 0.462 e. The number of nitrogen functional groups attached to an aromatic ring is 1. The third kappa shape index (κ3) is 3.64. The molecule has 0 aliphatic rings. The summed E-state index contributed by atoms with van der Waals surface area (Å²) in [5, 5.41) is 0. The number of carbonyl (C=O) groups is 1. The molecule has 9 heteroatoms. The van der Waals surface area contributed by atoms with Gasteiger partial charge in [0.05, 0.1) is 19.0 Å². The van der Waals surface area contributed by atoms with E-state index in [2.05, 4.69) is 15.0 Å². The molecule has 0 aliphatic heterocycles. The maximum absolute atomic E-state index is 11.0. The molecule has 0 aromatic carbocycles. The highest BCUT2D eigenvalue weighted by molar-refractivity contribution is 5.81. The molecular weight excluding hydrogens is 276 g/mol. The molecule has 1 atom stereocenters. The van der Waals surface area contributed by atoms with Crippen molar-refractivity contribution in [3.63, 3.8) is 0 Å². The van der Waals surface area contributed by atoms with E-state index in [-0.39, 0.29) is 19.3 Å². The molecule has 9 nitrogen and oxygen atoms in total. The van der Waals surface area contributed by atoms with Gasteiger partial charge in [0.1, 0.15) is 18.5 Å². The molecule has 21 heavy (non-hydrogen) atoms. The molecular formula is C12H18N6O3. The van der Waals surface area contributed by atoms with Gasteiger partial charge in [-0.25, -0.2) is 15.0 Å². The normalized spacial score (nSPS) is 12.5. The average Bonchev–Trinajstić information content (AvgIpc) is 2.92. The van der Waals surface area contributed by atoms with Crippen LogP contribution in [0.15, 0.2) is 12.7 Å². The Morgan fingerprint density at radius 1 is 1.43 bits per heavy atom. The summed E-state index contributed by atoms with van der Waals surface area (Å²) >= 11 is 0. The number of anilines is 1. The van der Waals surface area contributed by atoms with Crippen LogP contribution >= 0.6 is 0 Å². The first kappa shape index (κ1) is 15.1. The minimum Gasteiger partial charge on any atom is -0.462 e. The fourth-order valence-corrected chi connectivity index (χ4v) is 1.86. The monoisotopic (exact) mass is 294 g/mol. The zero-order valence-electron chi connectivity index (χ0n) is 11.7. The molecule has 2 rings (SSSR count). The van der Waals surface area contributed by atoms with Crippen molar-refractivity contribution in [1.82, 2.24) is 19.5 Å². The molecule has 0 amide bonds. The fraction of sp³-hybridized carbons (Fsp3) is 0.500. The van der Waals surface area contributed by atoms with E-state index >= 15 is 0 Å². The highest BCUT2D eigenvalue weighted by Gasteiger charge is 2.13. The van der Waals surface area contributed by atoms with Crippen molar-refractivity contribution in [1.29, 1.82) is 0 Å². The van der Waals surface area contributed by atoms with Gasteiger partial charge in [0.25, 0.3) is 0 Å². The van der Waals surface area contributed by atoms with Gasteiger partial charge in [-0.3, -0.25) is 4.79 Å². The Bertz CT molecular complexity index is 614. The van der Waals surface area contributed by atoms with Crippen molar-refractivity contribution >= 4 is 23.0 Å². The standard InChI is InChI=1S/C12H18N6O3/c1-20-8(5-21-9(19)4-13)2-3-18-7-17-10-11(14)15-6-16-12(10)18/h6-8H,2-5,13H2,1H3,(H2,14,15,16). The zero-order chi connectivity index (χ0) is 15.2. The van der Waals surface area contributed by atoms with Gasteiger partial charge < -0.3 is 25.5 Å². The van der Waals surface area contributed by atoms with Crippen LogP contribution in [0.3, 0.4) is 0 Å². The Morgan fingerprint density at radius 2 is 2.24 bits per heavy atom. The maximum atomic E-state index is 11.0. The fourth-order valence-electron chi connectivity index (χ4n) is 1.86. The highest BCUT2D eigenvalue weighted by atomic mass is 16.6. The van der Waals surface area contributed by atoms with Crippen LogP contribution in [-0.2, 0) is 20.8 Å². The predicted molar refractivity (Wildman–Crippen MR) is 75.2 cm³/mol. The molecule has 0 fully saturated rings. The summed E-state index contributed by atoms with van der Waals surface area (Å²) in [5.74, 6) is -0.107. The van der Waals surface area contributed by atoms with Crippen LogP contribution in [0.5, 0.6) is 0 Å². The Hall–Kier alpha value is -2.26. The Labute approximate surface area is 121 Å². The first-order valence-electron chi connectivity index (χ1n) is 6.45. The molecule has 1 unspecified atom stereocenters. The molecule has 0 radical (unpaired) electrons. The SMILES string of the molecule is COC(CCn1cnc2c(N)ncnc21)COC(=O)CN. The second-order valence-electron chi connectivity index (χ2n) is 4.40. The predicted octanol–water partition coefficient (Wildman–Crippen LogP) is -0.684. The molecule has 0 saturated heterocycles. The number of esters is 1. The summed E-state index contributed by atoms with van der Waals surface area (Å²) in [6.45, 7) is 0.626. The number of nitrogens with zero attached hydrogens (tertiary/aromatic N) is 4. The Kier molecular flexibility index (Phi) is 5.01. The van der Waals surface area contributed by atoms with Gasteiger partial charge in [-0.2, -0.15) is 0 Å². The van der Waals surface area contributed by atoms with E-state index in [1.807, 2.05) is 4.57 Å². The number of aromatic nitrogens is 4. The first-order valence-corrected chi connectivity index (χ1v) is 6.45. The van der Waals surface area contributed by atoms with Crippen molar-refractivity contribution < 1.29 is 14.3 Å². The molecule has 2 aromatic rings. The van der Waals surface area contributed by atoms with Gasteiger partial charge in [-0.15, -0.1) is 0 Å². The van der Waals surface area contributed by atoms with Crippen LogP contribution < -0.4 is 11.5 Å². The van der Waals surface area contributed by atoms with Crippen LogP contribution in [0.25, 0.3) is 11.2 Å². The molecule has 0 aliphatic carbocycles. The molecule has 0 spiro atoms. The van der Waals surface area contributed by atoms with E-state index < -0.39 is 5.97 Å². The van der Waals surface area contributed by atoms with E-state index in [1.165, 1.54) is 6.33 Å². The second-order valence-corrected chi connectivity index (χ2v) is 4.40. The summed E-state index contributed by atoms with van der Waals surface area (Å²) in [6, 6.07) is 0. The number of fused-ring (bicyclic) bond motifs is 1. The maximum Gasteiger partial charge on any atom is 0.319 e. The lowest BCUT2D eigenvalue weighted by Crippen LogP contribution is -2.25. The quantitative estimate of drug-likeness (QED) is 0.642. The first-order chi connectivity index (χ1) is 10.2. The Balaban J connectivity index is 1.97. The molecule has 114 valence electrons. The van der Waals surface area contributed by atoms with Gasteiger partial charge in [-0.1, -0.05) is 0 Å². The summed E-state index contributed by atoms with van der Waals surface area (Å²) in [7, 11) is 1.56. The number of imidazole rings is 1. The zero-order valence-corrected chi connectivity index (χ0v) is 11.7. The van der Waals surface area contributed by atoms with Crippen molar-refractivity contribution in [2.75, 3.05) is 26.0 Å². The topological polar surface area (TPSA) is 131 Å². The van der Waals surface area contributed by atoms with Gasteiger partial charge in [-0.05, 0) is 6.42 Å². The second kappa shape index (κ2) is 6.95. The number of methoxy groups -OCH3 is 1. The van der Waals surface area contributed by atoms with Gasteiger partial charge >= 0.3 is 5.97 Å². The minimum atomic E-state index is -0.453. The number of aryl methyl sites for hydroxylation is 1. The molecule has 0 saturated carbocycles. The van der Waals surface area contributed by atoms with Gasteiger partial charge in [0, 0.05) is 13.7 Å². The summed E-state index contributed by atoms with van der Waals surface area (Å²) in [5.41, 5.74) is 12.1. The van der Waals surface area contributed by atoms with E-state index in [4.69, 9.17) is 20.9 Å². The molecule has 2 heterocycles. The van der Waals surface area contributed by atoms with Crippen molar-refractivity contribution in [3.05, 3.63) is 12.7 Å². The number of ether oxygens (including phenoxy) is 2. The molecule has 4 N–H and O–H groups in total. The summed E-state index contributed by atoms with van der Waals surface area (Å²) < 4.78 is 12.1. The summed E-state index contributed by atoms with van der Waals surface area (Å²) in [6.07, 6.45) is 3.45. The van der Waals surface area contributed by atoms with Crippen LogP contribution in [0.1, 0.15) is 6.42 Å². The third-order valence-electron chi connectivity index (χ3n) is 3.05.